The van der Waals surface area contributed by atoms with Crippen molar-refractivity contribution in [3.05, 3.63) is 35.9 Å². The number of alkyl halides is 2. The first-order chi connectivity index (χ1) is 11.1. The van der Waals surface area contributed by atoms with Gasteiger partial charge in [-0.2, -0.15) is 0 Å². The lowest BCUT2D eigenvalue weighted by Crippen LogP contribution is -2.52. The zero-order valence-corrected chi connectivity index (χ0v) is 14.9. The number of carbonyl (C=O) groups is 1. The molecule has 0 aromatic heterocycles. The molecule has 1 aliphatic heterocycles. The maximum atomic E-state index is 14.5. The van der Waals surface area contributed by atoms with Gasteiger partial charge in [-0.25, -0.2) is 13.6 Å². The van der Waals surface area contributed by atoms with E-state index in [0.29, 0.717) is 19.4 Å². The van der Waals surface area contributed by atoms with E-state index in [1.54, 1.807) is 20.8 Å². The highest BCUT2D eigenvalue weighted by Crippen LogP contribution is 2.39. The van der Waals surface area contributed by atoms with Gasteiger partial charge in [0.1, 0.15) is 5.60 Å². The summed E-state index contributed by atoms with van der Waals surface area (Å²) in [4.78, 5) is 13.2. The van der Waals surface area contributed by atoms with Gasteiger partial charge in [0.2, 0.25) is 0 Å². The monoisotopic (exact) mass is 339 g/mol. The maximum absolute atomic E-state index is 14.5. The van der Waals surface area contributed by atoms with E-state index in [1.807, 2.05) is 37.3 Å². The lowest BCUT2D eigenvalue weighted by atomic mass is 9.82. The number of carbonyl (C=O) groups excluding carboxylic acids is 1. The first-order valence-corrected chi connectivity index (χ1v) is 8.49. The van der Waals surface area contributed by atoms with Crippen molar-refractivity contribution in [2.75, 3.05) is 13.1 Å². The third-order valence-electron chi connectivity index (χ3n) is 4.40. The van der Waals surface area contributed by atoms with Crippen LogP contribution in [0.3, 0.4) is 0 Å². The van der Waals surface area contributed by atoms with Crippen molar-refractivity contribution in [1.82, 2.24) is 4.90 Å². The molecule has 0 bridgehead atoms. The van der Waals surface area contributed by atoms with Crippen LogP contribution in [-0.4, -0.2) is 35.6 Å². The summed E-state index contributed by atoms with van der Waals surface area (Å²) in [5, 5.41) is 0. The molecule has 0 aliphatic carbocycles. The maximum Gasteiger partial charge on any atom is 0.410 e. The number of amides is 1. The van der Waals surface area contributed by atoms with E-state index in [9.17, 15) is 13.6 Å². The highest BCUT2D eigenvalue weighted by molar-refractivity contribution is 5.68. The third kappa shape index (κ3) is 4.92. The number of hydrogen-bond acceptors (Lipinski definition) is 2. The van der Waals surface area contributed by atoms with Crippen LogP contribution in [0.25, 0.3) is 0 Å². The Bertz CT molecular complexity index is 554. The summed E-state index contributed by atoms with van der Waals surface area (Å²) in [5.74, 6) is -3.54. The molecule has 5 heteroatoms. The van der Waals surface area contributed by atoms with E-state index in [4.69, 9.17) is 4.74 Å². The third-order valence-corrected chi connectivity index (χ3v) is 4.40. The van der Waals surface area contributed by atoms with Gasteiger partial charge in [0.15, 0.2) is 0 Å². The molecule has 3 nitrogen and oxygen atoms in total. The van der Waals surface area contributed by atoms with Crippen molar-refractivity contribution in [1.29, 1.82) is 0 Å². The van der Waals surface area contributed by atoms with Crippen LogP contribution in [0.5, 0.6) is 0 Å². The lowest BCUT2D eigenvalue weighted by molar-refractivity contribution is -0.113. The average Bonchev–Trinajstić information content (AvgIpc) is 2.48. The summed E-state index contributed by atoms with van der Waals surface area (Å²) >= 11 is 0. The van der Waals surface area contributed by atoms with Crippen molar-refractivity contribution in [3.63, 3.8) is 0 Å². The molecule has 0 spiro atoms. The predicted molar refractivity (Wildman–Crippen MR) is 90.3 cm³/mol. The Kier molecular flexibility index (Phi) is 5.51. The summed E-state index contributed by atoms with van der Waals surface area (Å²) < 4.78 is 34.3. The summed E-state index contributed by atoms with van der Waals surface area (Å²) in [6.45, 7) is 6.93. The molecule has 1 aliphatic rings. The molecule has 1 amide bonds. The highest BCUT2D eigenvalue weighted by Gasteiger charge is 2.46. The molecular weight excluding hydrogens is 312 g/mol. The predicted octanol–water partition coefficient (Wildman–Crippen LogP) is 5.07. The number of benzene rings is 1. The molecule has 0 saturated carbocycles. The standard InChI is InChI=1S/C19H27F2NO2/c1-14(15-8-6-5-7-9-15)12-16-10-11-22(13-19(16,20)21)17(23)24-18(2,3)4/h5-9,14,16H,10-13H2,1-4H3/t14-,16?/m1/s1. The molecule has 2 atom stereocenters. The van der Waals surface area contributed by atoms with Gasteiger partial charge >= 0.3 is 6.09 Å². The Morgan fingerprint density at radius 1 is 1.33 bits per heavy atom. The topological polar surface area (TPSA) is 29.5 Å². The minimum absolute atomic E-state index is 0.0650. The summed E-state index contributed by atoms with van der Waals surface area (Å²) in [6, 6.07) is 9.71. The number of halogens is 2. The number of likely N-dealkylation sites (tertiary alicyclic amines) is 1. The molecule has 1 aromatic rings. The Balaban J connectivity index is 1.97. The van der Waals surface area contributed by atoms with Gasteiger partial charge in [-0.3, -0.25) is 0 Å². The van der Waals surface area contributed by atoms with E-state index in [2.05, 4.69) is 0 Å². The fourth-order valence-electron chi connectivity index (χ4n) is 3.10. The summed E-state index contributed by atoms with van der Waals surface area (Å²) in [7, 11) is 0. The van der Waals surface area contributed by atoms with Crippen LogP contribution in [0.15, 0.2) is 30.3 Å². The molecule has 24 heavy (non-hydrogen) atoms. The van der Waals surface area contributed by atoms with Crippen molar-refractivity contribution in [3.8, 4) is 0 Å². The number of ether oxygens (including phenoxy) is 1. The summed E-state index contributed by atoms with van der Waals surface area (Å²) in [6.07, 6.45) is 0.0551. The highest BCUT2D eigenvalue weighted by atomic mass is 19.3. The van der Waals surface area contributed by atoms with E-state index in [0.717, 1.165) is 10.5 Å². The molecule has 134 valence electrons. The minimum Gasteiger partial charge on any atom is -0.444 e. The molecule has 0 radical (unpaired) electrons. The van der Waals surface area contributed by atoms with E-state index < -0.39 is 30.1 Å². The quantitative estimate of drug-likeness (QED) is 0.769. The van der Waals surface area contributed by atoms with E-state index in [1.165, 1.54) is 0 Å². The number of piperidine rings is 1. The molecular formula is C19H27F2NO2. The second kappa shape index (κ2) is 7.08. The van der Waals surface area contributed by atoms with Gasteiger partial charge in [-0.05, 0) is 45.1 Å². The second-order valence-electron chi connectivity index (χ2n) is 7.70. The van der Waals surface area contributed by atoms with Crippen LogP contribution in [0, 0.1) is 5.92 Å². The van der Waals surface area contributed by atoms with Crippen LogP contribution in [0.2, 0.25) is 0 Å². The van der Waals surface area contributed by atoms with Crippen LogP contribution in [0.1, 0.15) is 52.0 Å². The van der Waals surface area contributed by atoms with Gasteiger partial charge in [0.25, 0.3) is 5.92 Å². The van der Waals surface area contributed by atoms with Crippen LogP contribution in [-0.2, 0) is 4.74 Å². The number of rotatable bonds is 3. The molecule has 1 aromatic carbocycles. The zero-order valence-electron chi connectivity index (χ0n) is 14.9. The van der Waals surface area contributed by atoms with Gasteiger partial charge in [0.05, 0.1) is 6.54 Å². The fourth-order valence-corrected chi connectivity index (χ4v) is 3.10. The van der Waals surface area contributed by atoms with Gasteiger partial charge in [-0.1, -0.05) is 37.3 Å². The first kappa shape index (κ1) is 18.7. The molecule has 1 saturated heterocycles. The largest absolute Gasteiger partial charge is 0.444 e. The van der Waals surface area contributed by atoms with E-state index >= 15 is 0 Å². The van der Waals surface area contributed by atoms with Crippen LogP contribution >= 0.6 is 0 Å². The second-order valence-corrected chi connectivity index (χ2v) is 7.70. The van der Waals surface area contributed by atoms with E-state index in [-0.39, 0.29) is 5.92 Å². The molecule has 1 fully saturated rings. The molecule has 0 N–H and O–H groups in total. The Morgan fingerprint density at radius 3 is 2.50 bits per heavy atom. The normalized spacial score (nSPS) is 22.1. The average molecular weight is 339 g/mol. The van der Waals surface area contributed by atoms with Crippen molar-refractivity contribution in [2.45, 2.75) is 58.0 Å². The molecule has 1 unspecified atom stereocenters. The van der Waals surface area contributed by atoms with Gasteiger partial charge < -0.3 is 9.64 Å². The SMILES string of the molecule is C[C@H](CC1CCN(C(=O)OC(C)(C)C)CC1(F)F)c1ccccc1. The Morgan fingerprint density at radius 2 is 1.96 bits per heavy atom. The minimum atomic E-state index is -2.89. The number of nitrogens with zero attached hydrogens (tertiary/aromatic N) is 1. The first-order valence-electron chi connectivity index (χ1n) is 8.49. The van der Waals surface area contributed by atoms with Gasteiger partial charge in [-0.15, -0.1) is 0 Å². The van der Waals surface area contributed by atoms with Crippen molar-refractivity contribution >= 4 is 6.09 Å². The lowest BCUT2D eigenvalue weighted by Gasteiger charge is -2.39. The molecule has 1 heterocycles. The smallest absolute Gasteiger partial charge is 0.410 e. The van der Waals surface area contributed by atoms with Crippen molar-refractivity contribution < 1.29 is 18.3 Å². The van der Waals surface area contributed by atoms with Crippen LogP contribution in [0.4, 0.5) is 13.6 Å². The Hall–Kier alpha value is -1.65. The Labute approximate surface area is 143 Å². The zero-order chi connectivity index (χ0) is 18.0. The summed E-state index contributed by atoms with van der Waals surface area (Å²) in [5.41, 5.74) is 0.397. The molecule has 2 rings (SSSR count). The fraction of sp³-hybridized carbons (Fsp3) is 0.632. The number of hydrogen-bond donors (Lipinski definition) is 0. The van der Waals surface area contributed by atoms with Crippen molar-refractivity contribution in [2.24, 2.45) is 5.92 Å². The van der Waals surface area contributed by atoms with Gasteiger partial charge in [0, 0.05) is 12.5 Å². The van der Waals surface area contributed by atoms with Crippen LogP contribution < -0.4 is 0 Å².